The average Bonchev–Trinajstić information content (AvgIpc) is 2.84. The summed E-state index contributed by atoms with van der Waals surface area (Å²) in [4.78, 5) is 44.0. The molecule has 2 rings (SSSR count). The van der Waals surface area contributed by atoms with E-state index in [1.807, 2.05) is 0 Å². The summed E-state index contributed by atoms with van der Waals surface area (Å²) in [6, 6.07) is 8.93. The molecular formula is C22H24O10. The van der Waals surface area contributed by atoms with Crippen LogP contribution in [0.15, 0.2) is 36.4 Å². The molecule has 0 aromatic heterocycles. The molecule has 0 unspecified atom stereocenters. The molecule has 0 heterocycles. The van der Waals surface area contributed by atoms with E-state index < -0.39 is 11.9 Å². The largest absolute Gasteiger partial charge is 0.497 e. The maximum Gasteiger partial charge on any atom is 0.373 e. The number of benzene rings is 2. The van der Waals surface area contributed by atoms with Crippen LogP contribution in [0, 0.1) is 13.2 Å². The molecule has 2 aromatic carbocycles. The van der Waals surface area contributed by atoms with Gasteiger partial charge in [0.2, 0.25) is 0 Å². The Morgan fingerprint density at radius 1 is 0.625 bits per heavy atom. The average molecular weight is 448 g/mol. The lowest BCUT2D eigenvalue weighted by Crippen LogP contribution is -2.16. The molecule has 2 radical (unpaired) electrons. The summed E-state index contributed by atoms with van der Waals surface area (Å²) >= 11 is 0. The summed E-state index contributed by atoms with van der Waals surface area (Å²) in [7, 11) is 5.78. The van der Waals surface area contributed by atoms with Crippen molar-refractivity contribution in [2.75, 3.05) is 28.4 Å². The molecule has 172 valence electrons. The number of carbonyl (C=O) groups is 2. The summed E-state index contributed by atoms with van der Waals surface area (Å²) in [6.07, 6.45) is 0.111. The monoisotopic (exact) mass is 448 g/mol. The van der Waals surface area contributed by atoms with Crippen molar-refractivity contribution in [1.82, 2.24) is 0 Å². The van der Waals surface area contributed by atoms with E-state index in [0.717, 1.165) is 0 Å². The molecule has 10 nitrogen and oxygen atoms in total. The van der Waals surface area contributed by atoms with Crippen molar-refractivity contribution in [3.05, 3.63) is 60.7 Å². The summed E-state index contributed by atoms with van der Waals surface area (Å²) in [5.41, 5.74) is 0.214. The van der Waals surface area contributed by atoms with Crippen molar-refractivity contribution in [1.29, 1.82) is 0 Å². The summed E-state index contributed by atoms with van der Waals surface area (Å²) in [6.45, 7) is 3.66. The van der Waals surface area contributed by atoms with E-state index in [4.69, 9.17) is 38.5 Å². The van der Waals surface area contributed by atoms with Crippen molar-refractivity contribution in [3.8, 4) is 23.0 Å². The maximum atomic E-state index is 12.3. The van der Waals surface area contributed by atoms with Gasteiger partial charge in [-0.15, -0.1) is 9.78 Å². The molecule has 0 amide bonds. The number of hydrogen-bond acceptors (Lipinski definition) is 10. The molecular weight excluding hydrogens is 424 g/mol. The molecule has 0 aliphatic carbocycles. The van der Waals surface area contributed by atoms with Crippen LogP contribution < -0.4 is 18.9 Å². The Morgan fingerprint density at radius 3 is 1.25 bits per heavy atom. The zero-order chi connectivity index (χ0) is 23.5. The smallest absolute Gasteiger partial charge is 0.373 e. The summed E-state index contributed by atoms with van der Waals surface area (Å²) in [5, 5.41) is 0. The molecule has 32 heavy (non-hydrogen) atoms. The van der Waals surface area contributed by atoms with E-state index in [0.29, 0.717) is 29.4 Å². The lowest BCUT2D eigenvalue weighted by atomic mass is 10.2. The molecule has 10 heteroatoms. The normalized spacial score (nSPS) is 10.4. The van der Waals surface area contributed by atoms with Crippen LogP contribution in [0.25, 0.3) is 0 Å². The summed E-state index contributed by atoms with van der Waals surface area (Å²) in [5.74, 6) is -0.156. The molecule has 2 aromatic rings. The highest BCUT2D eigenvalue weighted by atomic mass is 17.3. The van der Waals surface area contributed by atoms with Gasteiger partial charge in [0.15, 0.2) is 0 Å². The lowest BCUT2D eigenvalue weighted by Gasteiger charge is -2.13. The first-order valence-corrected chi connectivity index (χ1v) is 9.33. The molecule has 0 N–H and O–H groups in total. The van der Waals surface area contributed by atoms with Crippen LogP contribution in [0.4, 0.5) is 0 Å². The van der Waals surface area contributed by atoms with Crippen LogP contribution in [0.3, 0.4) is 0 Å². The van der Waals surface area contributed by atoms with Gasteiger partial charge in [0.25, 0.3) is 0 Å². The number of ether oxygens (including phenoxy) is 4. The molecule has 0 saturated carbocycles. The molecule has 0 fully saturated rings. The maximum absolute atomic E-state index is 12.3. The highest BCUT2D eigenvalue weighted by molar-refractivity contribution is 5.90. The first kappa shape index (κ1) is 24.8. The van der Waals surface area contributed by atoms with E-state index in [9.17, 15) is 9.59 Å². The van der Waals surface area contributed by atoms with Gasteiger partial charge in [-0.05, 0) is 30.7 Å². The van der Waals surface area contributed by atoms with Crippen LogP contribution in [-0.4, -0.2) is 40.4 Å². The second-order valence-corrected chi connectivity index (χ2v) is 6.09. The molecule has 0 aliphatic heterocycles. The Bertz CT molecular complexity index is 796. The van der Waals surface area contributed by atoms with Gasteiger partial charge in [0, 0.05) is 18.6 Å². The Labute approximate surface area is 185 Å². The van der Waals surface area contributed by atoms with Crippen molar-refractivity contribution >= 4 is 11.9 Å². The van der Waals surface area contributed by atoms with Gasteiger partial charge in [0.1, 0.15) is 23.0 Å². The fourth-order valence-electron chi connectivity index (χ4n) is 2.36. The molecule has 0 aliphatic rings. The lowest BCUT2D eigenvalue weighted by molar-refractivity contribution is -0.363. The number of methoxy groups -OCH3 is 4. The second-order valence-electron chi connectivity index (χ2n) is 6.09. The van der Waals surface area contributed by atoms with Crippen molar-refractivity contribution in [2.24, 2.45) is 0 Å². The second kappa shape index (κ2) is 12.4. The van der Waals surface area contributed by atoms with Gasteiger partial charge in [-0.25, -0.2) is 9.59 Å². The number of rotatable bonds is 12. The van der Waals surface area contributed by atoms with Crippen molar-refractivity contribution in [2.45, 2.75) is 12.8 Å². The van der Waals surface area contributed by atoms with Crippen molar-refractivity contribution < 1.29 is 48.1 Å². The minimum absolute atomic E-state index is 0.0867. The van der Waals surface area contributed by atoms with E-state index in [2.05, 4.69) is 6.92 Å². The Kier molecular flexibility index (Phi) is 9.58. The Hall–Kier alpha value is -3.50. The van der Waals surface area contributed by atoms with Gasteiger partial charge in [-0.2, -0.15) is 0 Å². The van der Waals surface area contributed by atoms with Crippen LogP contribution in [0.1, 0.15) is 33.6 Å². The molecule has 0 saturated heterocycles. The summed E-state index contributed by atoms with van der Waals surface area (Å²) < 4.78 is 20.4. The predicted molar refractivity (Wildman–Crippen MR) is 110 cm³/mol. The zero-order valence-electron chi connectivity index (χ0n) is 18.2. The third-order valence-electron chi connectivity index (χ3n) is 3.98. The van der Waals surface area contributed by atoms with Gasteiger partial charge in [-0.3, -0.25) is 9.78 Å². The number of hydrogen-bond donors (Lipinski definition) is 0. The first-order chi connectivity index (χ1) is 15.4. The van der Waals surface area contributed by atoms with Crippen LogP contribution >= 0.6 is 0 Å². The van der Waals surface area contributed by atoms with Gasteiger partial charge < -0.3 is 18.9 Å². The van der Waals surface area contributed by atoms with Crippen LogP contribution in [-0.2, 0) is 19.6 Å². The van der Waals surface area contributed by atoms with Crippen LogP contribution in [0.2, 0.25) is 0 Å². The highest BCUT2D eigenvalue weighted by Crippen LogP contribution is 2.25. The zero-order valence-corrected chi connectivity index (χ0v) is 18.2. The van der Waals surface area contributed by atoms with Gasteiger partial charge >= 0.3 is 18.2 Å². The molecule has 0 bridgehead atoms. The van der Waals surface area contributed by atoms with Gasteiger partial charge in [-0.1, -0.05) is 6.92 Å². The third kappa shape index (κ3) is 7.03. The quantitative estimate of drug-likeness (QED) is 0.352. The third-order valence-corrected chi connectivity index (χ3v) is 3.98. The Morgan fingerprint density at radius 2 is 0.969 bits per heavy atom. The predicted octanol–water partition coefficient (Wildman–Crippen LogP) is 3.70. The SMILES string of the molecule is [CH2]CC[C](OOC(=O)c1cc(OC)cc(OC)c1)OOC(=O)c1cc(OC)cc(OC)c1. The Balaban J connectivity index is 1.99. The molecule has 0 spiro atoms. The standard InChI is InChI=1S/C22H24O10/c1-6-7-20(29-31-21(23)14-8-16(25-2)12-17(9-14)26-3)30-32-22(24)15-10-18(27-4)13-19(11-15)28-5/h8-13H,1,6-7H2,2-5H3. The van der Waals surface area contributed by atoms with E-state index in [-0.39, 0.29) is 23.8 Å². The van der Waals surface area contributed by atoms with E-state index in [1.165, 1.54) is 52.7 Å². The minimum Gasteiger partial charge on any atom is -0.497 e. The fourth-order valence-corrected chi connectivity index (χ4v) is 2.36. The highest BCUT2D eigenvalue weighted by Gasteiger charge is 2.22. The fraction of sp³-hybridized carbons (Fsp3) is 0.273. The molecule has 0 atom stereocenters. The van der Waals surface area contributed by atoms with Crippen molar-refractivity contribution in [3.63, 3.8) is 0 Å². The van der Waals surface area contributed by atoms with E-state index >= 15 is 0 Å². The first-order valence-electron chi connectivity index (χ1n) is 9.33. The topological polar surface area (TPSA) is 108 Å². The van der Waals surface area contributed by atoms with Gasteiger partial charge in [0.05, 0.1) is 39.6 Å². The van der Waals surface area contributed by atoms with Crippen LogP contribution in [0.5, 0.6) is 23.0 Å². The van der Waals surface area contributed by atoms with E-state index in [1.54, 1.807) is 12.1 Å². The minimum atomic E-state index is -0.851. The number of carbonyl (C=O) groups excluding carboxylic acids is 2.